The van der Waals surface area contributed by atoms with E-state index in [0.717, 1.165) is 27.9 Å². The minimum absolute atomic E-state index is 0.313. The summed E-state index contributed by atoms with van der Waals surface area (Å²) in [5.74, 6) is 0.316. The maximum absolute atomic E-state index is 12.7. The molecule has 0 saturated heterocycles. The molecule has 0 aliphatic rings. The van der Waals surface area contributed by atoms with Gasteiger partial charge in [0.05, 0.1) is 11.4 Å². The van der Waals surface area contributed by atoms with Crippen LogP contribution in [-0.2, 0) is 0 Å². The maximum atomic E-state index is 12.7. The number of fused-ring (bicyclic) bond motifs is 1. The third-order valence-corrected chi connectivity index (χ3v) is 6.47. The van der Waals surface area contributed by atoms with E-state index in [1.807, 2.05) is 60.0 Å². The van der Waals surface area contributed by atoms with Crippen molar-refractivity contribution in [1.29, 1.82) is 0 Å². The zero-order valence-electron chi connectivity index (χ0n) is 16.7. The first kappa shape index (κ1) is 19.5. The van der Waals surface area contributed by atoms with Crippen molar-refractivity contribution in [3.05, 3.63) is 77.4 Å². The van der Waals surface area contributed by atoms with Gasteiger partial charge in [-0.2, -0.15) is 0 Å². The van der Waals surface area contributed by atoms with Crippen molar-refractivity contribution >= 4 is 44.7 Å². The number of rotatable bonds is 5. The van der Waals surface area contributed by atoms with Gasteiger partial charge in [-0.05, 0) is 34.7 Å². The molecule has 1 N–H and O–H groups in total. The van der Waals surface area contributed by atoms with Crippen LogP contribution in [0.1, 0.15) is 10.5 Å². The predicted molar refractivity (Wildman–Crippen MR) is 126 cm³/mol. The van der Waals surface area contributed by atoms with Crippen molar-refractivity contribution < 1.29 is 9.21 Å². The number of hydrogen-bond donors (Lipinski definition) is 1. The van der Waals surface area contributed by atoms with Gasteiger partial charge in [-0.3, -0.25) is 10.1 Å². The smallest absolute Gasteiger partial charge is 0.276 e. The molecule has 0 spiro atoms. The van der Waals surface area contributed by atoms with Crippen LogP contribution in [0.4, 0.5) is 5.13 Å². The standard InChI is InChI=1S/C22H13N7O2S2/c30-20(17-11-32-21(24-17)19-9-14-4-1-2-7-18(14)31-19)26-22-25-16(10-33-22)13-5-3-6-15(8-13)29-12-23-27-28-29/h1-12H,(H,25,26,30). The van der Waals surface area contributed by atoms with Crippen molar-refractivity contribution in [2.24, 2.45) is 0 Å². The minimum Gasteiger partial charge on any atom is -0.454 e. The number of aromatic nitrogens is 6. The largest absolute Gasteiger partial charge is 0.454 e. The van der Waals surface area contributed by atoms with E-state index in [4.69, 9.17) is 4.42 Å². The van der Waals surface area contributed by atoms with Gasteiger partial charge >= 0.3 is 0 Å². The van der Waals surface area contributed by atoms with Crippen LogP contribution in [0.3, 0.4) is 0 Å². The second-order valence-corrected chi connectivity index (χ2v) is 8.70. The van der Waals surface area contributed by atoms with Gasteiger partial charge in [0, 0.05) is 21.7 Å². The first-order valence-corrected chi connectivity index (χ1v) is 11.5. The summed E-state index contributed by atoms with van der Waals surface area (Å²) in [5, 5.41) is 19.8. The summed E-state index contributed by atoms with van der Waals surface area (Å²) < 4.78 is 7.42. The molecule has 0 aliphatic heterocycles. The molecule has 9 nitrogen and oxygen atoms in total. The second-order valence-electron chi connectivity index (χ2n) is 6.98. The Bertz CT molecular complexity index is 1550. The number of para-hydroxylation sites is 1. The van der Waals surface area contributed by atoms with Crippen LogP contribution in [0.2, 0.25) is 0 Å². The molecule has 0 saturated carbocycles. The molecule has 4 heterocycles. The Kier molecular flexibility index (Phi) is 4.74. The zero-order chi connectivity index (χ0) is 22.2. The van der Waals surface area contributed by atoms with Gasteiger partial charge in [0.15, 0.2) is 15.9 Å². The molecule has 33 heavy (non-hydrogen) atoms. The summed E-state index contributed by atoms with van der Waals surface area (Å²) in [6.07, 6.45) is 1.53. The highest BCUT2D eigenvalue weighted by Crippen LogP contribution is 2.31. The van der Waals surface area contributed by atoms with Crippen LogP contribution in [0.15, 0.2) is 76.1 Å². The third-order valence-electron chi connectivity index (χ3n) is 4.85. The highest BCUT2D eigenvalue weighted by Gasteiger charge is 2.16. The first-order chi connectivity index (χ1) is 16.2. The van der Waals surface area contributed by atoms with E-state index >= 15 is 0 Å². The summed E-state index contributed by atoms with van der Waals surface area (Å²) in [6, 6.07) is 17.3. The molecule has 1 amide bonds. The molecule has 6 aromatic rings. The SMILES string of the molecule is O=C(Nc1nc(-c2cccc(-n3cnnn3)c2)cs1)c1csc(-c2cc3ccccc3o2)n1. The number of carbonyl (C=O) groups is 1. The third kappa shape index (κ3) is 3.79. The predicted octanol–water partition coefficient (Wildman–Crippen LogP) is 4.91. The average molecular weight is 472 g/mol. The Hall–Kier alpha value is -4.22. The number of thiazole rings is 2. The lowest BCUT2D eigenvalue weighted by atomic mass is 10.1. The lowest BCUT2D eigenvalue weighted by Crippen LogP contribution is -2.12. The number of benzene rings is 2. The van der Waals surface area contributed by atoms with Crippen molar-refractivity contribution in [3.8, 4) is 27.7 Å². The Balaban J connectivity index is 1.20. The summed E-state index contributed by atoms with van der Waals surface area (Å²) in [6.45, 7) is 0. The molecule has 0 unspecified atom stereocenters. The fourth-order valence-electron chi connectivity index (χ4n) is 3.29. The van der Waals surface area contributed by atoms with E-state index < -0.39 is 0 Å². The lowest BCUT2D eigenvalue weighted by Gasteiger charge is -2.02. The van der Waals surface area contributed by atoms with Crippen molar-refractivity contribution in [3.63, 3.8) is 0 Å². The molecule has 0 bridgehead atoms. The molecule has 0 aliphatic carbocycles. The van der Waals surface area contributed by atoms with Crippen molar-refractivity contribution in [2.45, 2.75) is 0 Å². The number of carbonyl (C=O) groups excluding carboxylic acids is 1. The molecular formula is C22H13N7O2S2. The van der Waals surface area contributed by atoms with Gasteiger partial charge in [-0.15, -0.1) is 27.8 Å². The number of nitrogens with one attached hydrogen (secondary N) is 1. The number of tetrazole rings is 1. The Labute approximate surface area is 194 Å². The maximum Gasteiger partial charge on any atom is 0.276 e. The molecule has 4 aromatic heterocycles. The monoisotopic (exact) mass is 471 g/mol. The van der Waals surface area contributed by atoms with Crippen LogP contribution in [0.25, 0.3) is 38.7 Å². The van der Waals surface area contributed by atoms with Crippen LogP contribution in [-0.4, -0.2) is 36.1 Å². The Morgan fingerprint density at radius 1 is 1.00 bits per heavy atom. The molecule has 0 atom stereocenters. The number of hydrogen-bond acceptors (Lipinski definition) is 9. The summed E-state index contributed by atoms with van der Waals surface area (Å²) in [7, 11) is 0. The molecule has 0 radical (unpaired) electrons. The number of anilines is 1. The van der Waals surface area contributed by atoms with Gasteiger partial charge in [-0.25, -0.2) is 14.6 Å². The van der Waals surface area contributed by atoms with Crippen LogP contribution < -0.4 is 5.32 Å². The second kappa shape index (κ2) is 8.04. The number of amides is 1. The van der Waals surface area contributed by atoms with Crippen LogP contribution in [0.5, 0.6) is 0 Å². The Morgan fingerprint density at radius 2 is 1.94 bits per heavy atom. The summed E-state index contributed by atoms with van der Waals surface area (Å²) in [4.78, 5) is 21.7. The van der Waals surface area contributed by atoms with E-state index in [1.165, 1.54) is 29.0 Å². The van der Waals surface area contributed by atoms with E-state index in [0.29, 0.717) is 21.6 Å². The van der Waals surface area contributed by atoms with Crippen molar-refractivity contribution in [1.82, 2.24) is 30.2 Å². The number of nitrogens with zero attached hydrogens (tertiary/aromatic N) is 6. The van der Waals surface area contributed by atoms with Gasteiger partial charge < -0.3 is 4.42 Å². The van der Waals surface area contributed by atoms with E-state index in [-0.39, 0.29) is 5.91 Å². The molecule has 11 heteroatoms. The fraction of sp³-hybridized carbons (Fsp3) is 0. The average Bonchev–Trinajstić information content (AvgIpc) is 3.65. The van der Waals surface area contributed by atoms with Crippen molar-refractivity contribution in [2.75, 3.05) is 5.32 Å². The molecule has 2 aromatic carbocycles. The quantitative estimate of drug-likeness (QED) is 0.380. The highest BCUT2D eigenvalue weighted by molar-refractivity contribution is 7.14. The molecule has 160 valence electrons. The molecule has 0 fully saturated rings. The highest BCUT2D eigenvalue weighted by atomic mass is 32.1. The lowest BCUT2D eigenvalue weighted by molar-refractivity contribution is 0.102. The topological polar surface area (TPSA) is 112 Å². The van der Waals surface area contributed by atoms with E-state index in [2.05, 4.69) is 30.8 Å². The zero-order valence-corrected chi connectivity index (χ0v) is 18.4. The number of furan rings is 1. The van der Waals surface area contributed by atoms with Gasteiger partial charge in [0.25, 0.3) is 5.91 Å². The summed E-state index contributed by atoms with van der Waals surface area (Å²) in [5.41, 5.74) is 3.55. The van der Waals surface area contributed by atoms with Gasteiger partial charge in [0.1, 0.15) is 17.6 Å². The molecular weight excluding hydrogens is 458 g/mol. The van der Waals surface area contributed by atoms with E-state index in [1.54, 1.807) is 10.1 Å². The van der Waals surface area contributed by atoms with Gasteiger partial charge in [0.2, 0.25) is 0 Å². The molecule has 6 rings (SSSR count). The minimum atomic E-state index is -0.322. The Morgan fingerprint density at radius 3 is 2.82 bits per heavy atom. The van der Waals surface area contributed by atoms with E-state index in [9.17, 15) is 4.79 Å². The first-order valence-electron chi connectivity index (χ1n) is 9.78. The van der Waals surface area contributed by atoms with Crippen LogP contribution in [0, 0.1) is 0 Å². The summed E-state index contributed by atoms with van der Waals surface area (Å²) >= 11 is 2.70. The van der Waals surface area contributed by atoms with Crippen LogP contribution >= 0.6 is 22.7 Å². The fourth-order valence-corrected chi connectivity index (χ4v) is 4.76. The van der Waals surface area contributed by atoms with Gasteiger partial charge in [-0.1, -0.05) is 30.3 Å². The normalized spacial score (nSPS) is 11.2.